The minimum Gasteiger partial charge on any atom is -0.497 e. The van der Waals surface area contributed by atoms with Crippen molar-refractivity contribution in [1.82, 2.24) is 0 Å². The molecule has 0 fully saturated rings. The average Bonchev–Trinajstić information content (AvgIpc) is 2.59. The van der Waals surface area contributed by atoms with Crippen molar-refractivity contribution in [2.75, 3.05) is 13.7 Å². The number of hydrogen-bond acceptors (Lipinski definition) is 3. The molecule has 0 unspecified atom stereocenters. The minimum atomic E-state index is 0.560. The second-order valence-corrected chi connectivity index (χ2v) is 4.11. The monoisotopic (exact) mass is 236 g/mol. The number of halogens is 1. The van der Waals surface area contributed by atoms with E-state index < -0.39 is 0 Å². The second-order valence-electron chi connectivity index (χ2n) is 3.70. The highest BCUT2D eigenvalue weighted by Gasteiger charge is 2.18. The molecule has 0 amide bonds. The Morgan fingerprint density at radius 1 is 1.44 bits per heavy atom. The van der Waals surface area contributed by atoms with Crippen LogP contribution < -0.4 is 10.5 Å². The van der Waals surface area contributed by atoms with E-state index in [0.717, 1.165) is 22.5 Å². The summed E-state index contributed by atoms with van der Waals surface area (Å²) >= 11 is 6.19. The Kier molecular flexibility index (Phi) is 2.88. The zero-order valence-corrected chi connectivity index (χ0v) is 10.0. The van der Waals surface area contributed by atoms with Gasteiger partial charge < -0.3 is 10.5 Å². The molecule has 0 saturated carbocycles. The summed E-state index contributed by atoms with van der Waals surface area (Å²) < 4.78 is 5.10. The first-order chi connectivity index (χ1) is 7.63. The summed E-state index contributed by atoms with van der Waals surface area (Å²) in [6, 6.07) is 5.56. The van der Waals surface area contributed by atoms with Gasteiger partial charge in [-0.3, -0.25) is 4.99 Å². The topological polar surface area (TPSA) is 47.6 Å². The summed E-state index contributed by atoms with van der Waals surface area (Å²) in [4.78, 5) is 4.19. The van der Waals surface area contributed by atoms with Gasteiger partial charge in [-0.1, -0.05) is 11.6 Å². The van der Waals surface area contributed by atoms with Crippen LogP contribution in [0, 0.1) is 0 Å². The van der Waals surface area contributed by atoms with E-state index in [1.807, 2.05) is 19.1 Å². The van der Waals surface area contributed by atoms with Crippen LogP contribution in [0.4, 0.5) is 0 Å². The fourth-order valence-corrected chi connectivity index (χ4v) is 2.04. The van der Waals surface area contributed by atoms with Gasteiger partial charge in [0.25, 0.3) is 0 Å². The van der Waals surface area contributed by atoms with Crippen molar-refractivity contribution in [2.24, 2.45) is 10.7 Å². The van der Waals surface area contributed by atoms with E-state index in [2.05, 4.69) is 4.99 Å². The first-order valence-corrected chi connectivity index (χ1v) is 5.35. The molecule has 3 nitrogen and oxygen atoms in total. The van der Waals surface area contributed by atoms with E-state index >= 15 is 0 Å². The van der Waals surface area contributed by atoms with Gasteiger partial charge in [-0.2, -0.15) is 0 Å². The quantitative estimate of drug-likeness (QED) is 0.858. The molecule has 16 heavy (non-hydrogen) atoms. The van der Waals surface area contributed by atoms with E-state index in [4.69, 9.17) is 22.1 Å². The number of amidine groups is 1. The Balaban J connectivity index is 2.50. The Labute approximate surface area is 99.6 Å². The third-order valence-corrected chi connectivity index (χ3v) is 2.93. The lowest BCUT2D eigenvalue weighted by Crippen LogP contribution is -2.11. The normalized spacial score (nSPS) is 15.3. The van der Waals surface area contributed by atoms with Gasteiger partial charge in [0, 0.05) is 11.1 Å². The number of benzene rings is 1. The molecule has 1 aliphatic rings. The van der Waals surface area contributed by atoms with Gasteiger partial charge in [0.15, 0.2) is 0 Å². The molecule has 2 rings (SSSR count). The highest BCUT2D eigenvalue weighted by atomic mass is 35.5. The molecule has 0 aliphatic carbocycles. The summed E-state index contributed by atoms with van der Waals surface area (Å²) in [7, 11) is 1.61. The maximum Gasteiger partial charge on any atom is 0.126 e. The number of aliphatic imine (C=N–C) groups is 1. The molecule has 1 aromatic rings. The zero-order valence-electron chi connectivity index (χ0n) is 9.25. The smallest absolute Gasteiger partial charge is 0.126 e. The number of nitrogens with two attached hydrogens (primary N) is 1. The lowest BCUT2D eigenvalue weighted by molar-refractivity contribution is 0.415. The lowest BCUT2D eigenvalue weighted by Gasteiger charge is -2.09. The Morgan fingerprint density at radius 3 is 2.69 bits per heavy atom. The first-order valence-electron chi connectivity index (χ1n) is 4.97. The van der Waals surface area contributed by atoms with Crippen LogP contribution in [0.3, 0.4) is 0 Å². The Bertz CT molecular complexity index is 492. The largest absolute Gasteiger partial charge is 0.497 e. The molecular formula is C12H13ClN2O. The molecule has 84 valence electrons. The standard InChI is InChI=1S/C12H13ClN2O/c1-7-6-15-12(14)11(7)9-4-3-8(16-2)5-10(9)13/h3-5H,6H2,1-2H3,(H2,14,15). The highest BCUT2D eigenvalue weighted by molar-refractivity contribution is 6.36. The van der Waals surface area contributed by atoms with Crippen molar-refractivity contribution in [3.05, 3.63) is 34.4 Å². The number of methoxy groups -OCH3 is 1. The van der Waals surface area contributed by atoms with Crippen LogP contribution in [0.15, 0.2) is 28.8 Å². The summed E-state index contributed by atoms with van der Waals surface area (Å²) in [6.07, 6.45) is 0. The van der Waals surface area contributed by atoms with Crippen LogP contribution in [0.5, 0.6) is 5.75 Å². The minimum absolute atomic E-state index is 0.560. The van der Waals surface area contributed by atoms with Crippen LogP contribution in [-0.2, 0) is 0 Å². The van der Waals surface area contributed by atoms with Gasteiger partial charge in [0.2, 0.25) is 0 Å². The van der Waals surface area contributed by atoms with Crippen molar-refractivity contribution < 1.29 is 4.74 Å². The molecule has 0 saturated heterocycles. The molecule has 0 spiro atoms. The maximum atomic E-state index is 6.19. The van der Waals surface area contributed by atoms with E-state index in [1.54, 1.807) is 13.2 Å². The van der Waals surface area contributed by atoms with Crippen LogP contribution in [0.25, 0.3) is 5.57 Å². The SMILES string of the molecule is COc1ccc(C2=C(C)CN=C2N)c(Cl)c1. The van der Waals surface area contributed by atoms with Crippen LogP contribution in [-0.4, -0.2) is 19.5 Å². The average molecular weight is 237 g/mol. The van der Waals surface area contributed by atoms with Gasteiger partial charge in [-0.05, 0) is 30.7 Å². The maximum absolute atomic E-state index is 6.19. The van der Waals surface area contributed by atoms with Crippen LogP contribution in [0.1, 0.15) is 12.5 Å². The molecule has 1 aromatic carbocycles. The van der Waals surface area contributed by atoms with E-state index in [0.29, 0.717) is 17.4 Å². The van der Waals surface area contributed by atoms with Crippen LogP contribution in [0.2, 0.25) is 5.02 Å². The number of ether oxygens (including phenoxy) is 1. The van der Waals surface area contributed by atoms with Crippen molar-refractivity contribution in [3.63, 3.8) is 0 Å². The zero-order chi connectivity index (χ0) is 11.7. The van der Waals surface area contributed by atoms with Gasteiger partial charge in [-0.15, -0.1) is 0 Å². The molecule has 0 radical (unpaired) electrons. The van der Waals surface area contributed by atoms with Crippen molar-refractivity contribution in [3.8, 4) is 5.75 Å². The van der Waals surface area contributed by atoms with Gasteiger partial charge in [0.05, 0.1) is 18.7 Å². The highest BCUT2D eigenvalue weighted by Crippen LogP contribution is 2.31. The predicted octanol–water partition coefficient (Wildman–Crippen LogP) is 2.49. The van der Waals surface area contributed by atoms with Crippen LogP contribution >= 0.6 is 11.6 Å². The summed E-state index contributed by atoms with van der Waals surface area (Å²) in [5.74, 6) is 1.30. The number of hydrogen-bond donors (Lipinski definition) is 1. The van der Waals surface area contributed by atoms with Gasteiger partial charge in [0.1, 0.15) is 11.6 Å². The molecule has 4 heteroatoms. The fourth-order valence-electron chi connectivity index (χ4n) is 1.77. The summed E-state index contributed by atoms with van der Waals surface area (Å²) in [5.41, 5.74) is 8.85. The number of rotatable bonds is 2. The van der Waals surface area contributed by atoms with E-state index in [9.17, 15) is 0 Å². The first kappa shape index (κ1) is 11.0. The van der Waals surface area contributed by atoms with Crippen molar-refractivity contribution in [2.45, 2.75) is 6.92 Å². The fraction of sp³-hybridized carbons (Fsp3) is 0.250. The van der Waals surface area contributed by atoms with Crippen molar-refractivity contribution >= 4 is 23.0 Å². The number of nitrogens with zero attached hydrogens (tertiary/aromatic N) is 1. The van der Waals surface area contributed by atoms with Crippen molar-refractivity contribution in [1.29, 1.82) is 0 Å². The van der Waals surface area contributed by atoms with Gasteiger partial charge in [-0.25, -0.2) is 0 Å². The molecule has 0 bridgehead atoms. The van der Waals surface area contributed by atoms with E-state index in [-0.39, 0.29) is 0 Å². The molecule has 1 heterocycles. The Morgan fingerprint density at radius 2 is 2.19 bits per heavy atom. The summed E-state index contributed by atoms with van der Waals surface area (Å²) in [6.45, 7) is 2.67. The molecule has 2 N–H and O–H groups in total. The Hall–Kier alpha value is -1.48. The van der Waals surface area contributed by atoms with E-state index in [1.165, 1.54) is 0 Å². The third-order valence-electron chi connectivity index (χ3n) is 2.62. The molecular weight excluding hydrogens is 224 g/mol. The molecule has 1 aliphatic heterocycles. The third kappa shape index (κ3) is 1.78. The summed E-state index contributed by atoms with van der Waals surface area (Å²) in [5, 5.41) is 0.633. The molecule has 0 atom stereocenters. The lowest BCUT2D eigenvalue weighted by atomic mass is 10.0. The van der Waals surface area contributed by atoms with Gasteiger partial charge >= 0.3 is 0 Å². The second kappa shape index (κ2) is 4.18. The molecule has 0 aromatic heterocycles. The predicted molar refractivity (Wildman–Crippen MR) is 67.1 cm³/mol.